The van der Waals surface area contributed by atoms with E-state index < -0.39 is 83.1 Å². The molecule has 10 atom stereocenters. The lowest BCUT2D eigenvalue weighted by molar-refractivity contribution is -0.184. The van der Waals surface area contributed by atoms with Crippen molar-refractivity contribution < 1.29 is 55.6 Å². The first-order valence-corrected chi connectivity index (χ1v) is 16.5. The van der Waals surface area contributed by atoms with Gasteiger partial charge in [-0.05, 0) is 6.07 Å². The number of phosphoric acid groups is 2. The molecule has 8 rings (SSSR count). The lowest BCUT2D eigenvalue weighted by atomic mass is 10.0. The maximum Gasteiger partial charge on any atom is 0.472 e. The molecular weight excluding hydrogens is 663 g/mol. The van der Waals surface area contributed by atoms with E-state index in [-0.39, 0.29) is 23.7 Å². The zero-order valence-electron chi connectivity index (χ0n) is 23.1. The standard InChI is InChI=1S/C22H24FN9O12P2/c23-10-9-3-39-45(34,35)44-15-14-20(31-6-27-11-8(24)1-2-26-16(11)31)42-22(15,4-38-14)5-40-46(36,37)43-13(10)19(41-9)32-7-28-12-17(32)29-21(25)30-18(12)33/h1-2,6-7,9-10,13-15,19-20H,3-5H2,(H2,24,26)(H,34,35)(H,36,37)(H3,25,29,30,33)/t9-,10-,13-,14-,15+,19-,20-,22-/m1/s1. The van der Waals surface area contributed by atoms with Crippen LogP contribution in [0.2, 0.25) is 0 Å². The van der Waals surface area contributed by atoms with Crippen LogP contribution in [0.1, 0.15) is 12.5 Å². The van der Waals surface area contributed by atoms with Gasteiger partial charge in [-0.1, -0.05) is 0 Å². The van der Waals surface area contributed by atoms with Crippen molar-refractivity contribution in [1.82, 2.24) is 34.1 Å². The Hall–Kier alpha value is -3.40. The number of pyridine rings is 1. The van der Waals surface area contributed by atoms with Crippen LogP contribution >= 0.6 is 15.6 Å². The summed E-state index contributed by atoms with van der Waals surface area (Å²) >= 11 is 0. The van der Waals surface area contributed by atoms with E-state index in [0.717, 1.165) is 10.9 Å². The van der Waals surface area contributed by atoms with Crippen LogP contribution in [0.15, 0.2) is 29.7 Å². The molecule has 0 aliphatic carbocycles. The van der Waals surface area contributed by atoms with E-state index in [1.165, 1.54) is 17.1 Å². The average molecular weight is 687 g/mol. The fraction of sp³-hybridized carbons (Fsp3) is 0.500. The molecule has 46 heavy (non-hydrogen) atoms. The van der Waals surface area contributed by atoms with Crippen LogP contribution in [0.3, 0.4) is 0 Å². The highest BCUT2D eigenvalue weighted by Gasteiger charge is 2.66. The van der Waals surface area contributed by atoms with Gasteiger partial charge in [0.15, 0.2) is 35.4 Å². The summed E-state index contributed by atoms with van der Waals surface area (Å²) in [7, 11) is -10.2. The number of nitrogens with zero attached hydrogens (tertiary/aromatic N) is 6. The summed E-state index contributed by atoms with van der Waals surface area (Å²) in [5.41, 5.74) is 9.79. The largest absolute Gasteiger partial charge is 0.472 e. The van der Waals surface area contributed by atoms with Crippen molar-refractivity contribution in [3.8, 4) is 0 Å². The fourth-order valence-electron chi connectivity index (χ4n) is 6.03. The Labute approximate surface area is 254 Å². The number of rotatable bonds is 2. The molecule has 4 aliphatic heterocycles. The van der Waals surface area contributed by atoms with E-state index in [1.54, 1.807) is 6.07 Å². The Morgan fingerprint density at radius 1 is 0.978 bits per heavy atom. The lowest BCUT2D eigenvalue weighted by Crippen LogP contribution is -2.45. The predicted molar refractivity (Wildman–Crippen MR) is 147 cm³/mol. The van der Waals surface area contributed by atoms with Crippen LogP contribution in [-0.2, 0) is 41.4 Å². The Morgan fingerprint density at radius 3 is 2.52 bits per heavy atom. The summed E-state index contributed by atoms with van der Waals surface area (Å²) in [6.45, 7) is -1.98. The number of aromatic nitrogens is 7. The van der Waals surface area contributed by atoms with Crippen LogP contribution in [0, 0.1) is 0 Å². The zero-order chi connectivity index (χ0) is 32.2. The number of alkyl halides is 1. The molecule has 7 N–H and O–H groups in total. The third-order valence-electron chi connectivity index (χ3n) is 8.10. The molecular formula is C22H24FN9O12P2. The van der Waals surface area contributed by atoms with Crippen LogP contribution in [-0.4, -0.2) is 99.9 Å². The topological polar surface area (TPSA) is 286 Å². The quantitative estimate of drug-likeness (QED) is 0.168. The molecule has 4 aromatic heterocycles. The molecule has 246 valence electrons. The van der Waals surface area contributed by atoms with Gasteiger partial charge in [0.2, 0.25) is 5.95 Å². The highest BCUT2D eigenvalue weighted by molar-refractivity contribution is 7.47. The van der Waals surface area contributed by atoms with Gasteiger partial charge in [0.25, 0.3) is 5.56 Å². The van der Waals surface area contributed by atoms with Crippen molar-refractivity contribution >= 4 is 49.6 Å². The van der Waals surface area contributed by atoms with Gasteiger partial charge in [-0.3, -0.25) is 37.0 Å². The second-order valence-electron chi connectivity index (χ2n) is 11.0. The van der Waals surface area contributed by atoms with E-state index >= 15 is 4.39 Å². The summed E-state index contributed by atoms with van der Waals surface area (Å²) in [6, 6.07) is 1.55. The number of anilines is 2. The van der Waals surface area contributed by atoms with E-state index in [2.05, 4.69) is 24.9 Å². The number of ether oxygens (including phenoxy) is 3. The summed E-state index contributed by atoms with van der Waals surface area (Å²) in [4.78, 5) is 52.6. The Kier molecular flexibility index (Phi) is 6.71. The number of hydrogen-bond acceptors (Lipinski definition) is 16. The van der Waals surface area contributed by atoms with E-state index in [9.17, 15) is 23.7 Å². The van der Waals surface area contributed by atoms with E-state index in [1.807, 2.05) is 0 Å². The Bertz CT molecular complexity index is 2030. The smallest absolute Gasteiger partial charge is 0.397 e. The average Bonchev–Trinajstić information content (AvgIpc) is 3.80. The van der Waals surface area contributed by atoms with Gasteiger partial charge in [0, 0.05) is 6.20 Å². The van der Waals surface area contributed by atoms with E-state index in [4.69, 9.17) is 43.8 Å². The minimum absolute atomic E-state index is 0.163. The first-order valence-electron chi connectivity index (χ1n) is 13.5. The summed E-state index contributed by atoms with van der Waals surface area (Å²) < 4.78 is 84.0. The predicted octanol–water partition coefficient (Wildman–Crippen LogP) is -0.351. The molecule has 21 nitrogen and oxygen atoms in total. The summed E-state index contributed by atoms with van der Waals surface area (Å²) in [5, 5.41) is 0. The lowest BCUT2D eigenvalue weighted by Gasteiger charge is -2.32. The highest BCUT2D eigenvalue weighted by Crippen LogP contribution is 2.58. The molecule has 4 aliphatic rings. The zero-order valence-corrected chi connectivity index (χ0v) is 24.8. The third kappa shape index (κ3) is 4.68. The fourth-order valence-corrected chi connectivity index (χ4v) is 7.99. The monoisotopic (exact) mass is 687 g/mol. The number of halogens is 1. The highest BCUT2D eigenvalue weighted by atomic mass is 31.2. The van der Waals surface area contributed by atoms with Crippen molar-refractivity contribution in [2.24, 2.45) is 0 Å². The van der Waals surface area contributed by atoms with Gasteiger partial charge in [0.05, 0.1) is 38.2 Å². The van der Waals surface area contributed by atoms with Crippen molar-refractivity contribution in [2.45, 2.75) is 48.6 Å². The molecule has 0 radical (unpaired) electrons. The minimum Gasteiger partial charge on any atom is -0.397 e. The summed E-state index contributed by atoms with van der Waals surface area (Å²) in [6.07, 6.45) is -7.10. The summed E-state index contributed by atoms with van der Waals surface area (Å²) in [5.74, 6) is -0.299. The first kappa shape index (κ1) is 30.0. The van der Waals surface area contributed by atoms with Gasteiger partial charge in [-0.15, -0.1) is 0 Å². The third-order valence-corrected chi connectivity index (χ3v) is 10.0. The molecule has 4 bridgehead atoms. The van der Waals surface area contributed by atoms with Crippen molar-refractivity contribution in [3.63, 3.8) is 0 Å². The molecule has 4 aromatic rings. The van der Waals surface area contributed by atoms with Gasteiger partial charge in [0.1, 0.15) is 35.5 Å². The van der Waals surface area contributed by atoms with Gasteiger partial charge in [-0.25, -0.2) is 28.5 Å². The molecule has 8 heterocycles. The number of fused-ring (bicyclic) bond motifs is 4. The Balaban J connectivity index is 1.14. The molecule has 24 heteroatoms. The van der Waals surface area contributed by atoms with Crippen LogP contribution in [0.25, 0.3) is 22.3 Å². The number of hydrogen-bond donors (Lipinski definition) is 5. The van der Waals surface area contributed by atoms with E-state index in [0.29, 0.717) is 16.9 Å². The molecule has 0 amide bonds. The van der Waals surface area contributed by atoms with Gasteiger partial charge in [-0.2, -0.15) is 4.98 Å². The van der Waals surface area contributed by atoms with Gasteiger partial charge < -0.3 is 35.5 Å². The maximum absolute atomic E-state index is 15.8. The minimum atomic E-state index is -5.18. The molecule has 4 saturated heterocycles. The molecule has 2 unspecified atom stereocenters. The number of nitrogens with two attached hydrogens (primary N) is 2. The maximum atomic E-state index is 15.8. The number of nitrogens with one attached hydrogen (secondary N) is 1. The van der Waals surface area contributed by atoms with Crippen LogP contribution in [0.5, 0.6) is 0 Å². The first-order chi connectivity index (χ1) is 21.8. The second kappa shape index (κ2) is 10.3. The normalized spacial score (nSPS) is 39.7. The molecule has 0 spiro atoms. The molecule has 0 aromatic carbocycles. The SMILES string of the molecule is Nc1nc2c(ncn2[C@@H]2O[C@@H]3COP(=O)(O)O[C@H]4[C@H]5OC[C@]4(COP(=O)(O)O[C@@H]2[C@@H]3F)O[C@H]5n2cnc3c(N)ccnc32)c(=O)[nH]1. The molecule has 0 saturated carbocycles. The van der Waals surface area contributed by atoms with Crippen LogP contribution < -0.4 is 17.0 Å². The van der Waals surface area contributed by atoms with Crippen LogP contribution in [0.4, 0.5) is 16.0 Å². The molecule has 4 fully saturated rings. The van der Waals surface area contributed by atoms with Crippen molar-refractivity contribution in [2.75, 3.05) is 31.3 Å². The van der Waals surface area contributed by atoms with Gasteiger partial charge >= 0.3 is 15.6 Å². The van der Waals surface area contributed by atoms with Crippen molar-refractivity contribution in [1.29, 1.82) is 0 Å². The Morgan fingerprint density at radius 2 is 1.72 bits per heavy atom. The number of aromatic amines is 1. The number of imidazole rings is 2. The number of H-pyrrole nitrogens is 1. The van der Waals surface area contributed by atoms with Crippen molar-refractivity contribution in [3.05, 3.63) is 35.3 Å². The number of phosphoric ester groups is 2. The number of nitrogen functional groups attached to an aromatic ring is 2. The second-order valence-corrected chi connectivity index (χ2v) is 13.8.